The van der Waals surface area contributed by atoms with Gasteiger partial charge in [-0.2, -0.15) is 0 Å². The highest BCUT2D eigenvalue weighted by atomic mass is 19.2. The number of nitrogens with one attached hydrogen (secondary N) is 1. The number of rotatable bonds is 2. The fourth-order valence-corrected chi connectivity index (χ4v) is 2.79. The maximum atomic E-state index is 13.8. The lowest BCUT2D eigenvalue weighted by Gasteiger charge is -2.33. The van der Waals surface area contributed by atoms with E-state index in [4.69, 9.17) is 0 Å². The van der Waals surface area contributed by atoms with E-state index in [9.17, 15) is 13.6 Å². The van der Waals surface area contributed by atoms with E-state index in [1.807, 2.05) is 6.92 Å². The molecular formula is C16H18F2N6O. The van der Waals surface area contributed by atoms with Crippen LogP contribution in [0.1, 0.15) is 18.9 Å². The monoisotopic (exact) mass is 348 g/mol. The molecule has 3 rings (SSSR count). The number of amides is 2. The van der Waals surface area contributed by atoms with Crippen molar-refractivity contribution in [3.05, 3.63) is 41.0 Å². The normalized spacial score (nSPS) is 19.3. The average molecular weight is 348 g/mol. The largest absolute Gasteiger partial charge is 0.324 e. The van der Waals surface area contributed by atoms with Gasteiger partial charge < -0.3 is 4.90 Å². The van der Waals surface area contributed by atoms with E-state index in [1.165, 1.54) is 16.8 Å². The Labute approximate surface area is 143 Å². The number of benzene rings is 1. The molecule has 25 heavy (non-hydrogen) atoms. The minimum atomic E-state index is -0.865. The van der Waals surface area contributed by atoms with Gasteiger partial charge in [0.15, 0.2) is 11.6 Å². The van der Waals surface area contributed by atoms with E-state index in [0.29, 0.717) is 19.5 Å². The second kappa shape index (κ2) is 6.96. The molecule has 0 bridgehead atoms. The summed E-state index contributed by atoms with van der Waals surface area (Å²) < 4.78 is 28.5. The van der Waals surface area contributed by atoms with E-state index >= 15 is 0 Å². The van der Waals surface area contributed by atoms with Gasteiger partial charge in [-0.15, -0.1) is 0 Å². The first-order chi connectivity index (χ1) is 12.0. The molecule has 2 aromatic rings. The molecule has 1 fully saturated rings. The average Bonchev–Trinajstić information content (AvgIpc) is 2.98. The highest BCUT2D eigenvalue weighted by Crippen LogP contribution is 2.26. The first kappa shape index (κ1) is 17.0. The molecule has 7 nitrogen and oxygen atoms in total. The number of halogens is 2. The quantitative estimate of drug-likeness (QED) is 0.904. The van der Waals surface area contributed by atoms with Gasteiger partial charge in [-0.1, -0.05) is 35.8 Å². The fourth-order valence-electron chi connectivity index (χ4n) is 2.79. The highest BCUT2D eigenvalue weighted by molar-refractivity contribution is 5.87. The fraction of sp³-hybridized carbons (Fsp3) is 0.375. The Kier molecular flexibility index (Phi) is 4.73. The third-order valence-electron chi connectivity index (χ3n) is 4.25. The topological polar surface area (TPSA) is 75.9 Å². The molecule has 1 aromatic heterocycles. The van der Waals surface area contributed by atoms with Crippen LogP contribution in [0, 0.1) is 17.6 Å². The number of hydrogen-bond donors (Lipinski definition) is 1. The summed E-state index contributed by atoms with van der Waals surface area (Å²) >= 11 is 0. The van der Waals surface area contributed by atoms with Crippen LogP contribution in [0.4, 0.5) is 19.5 Å². The number of urea groups is 1. The molecule has 0 radical (unpaired) electrons. The molecule has 2 amide bonds. The van der Waals surface area contributed by atoms with Gasteiger partial charge in [0, 0.05) is 25.7 Å². The maximum absolute atomic E-state index is 13.8. The summed E-state index contributed by atoms with van der Waals surface area (Å²) in [7, 11) is 1.63. The Morgan fingerprint density at radius 2 is 2.20 bits per heavy atom. The molecule has 132 valence electrons. The number of tetrazole rings is 1. The molecule has 1 aliphatic heterocycles. The van der Waals surface area contributed by atoms with Crippen molar-refractivity contribution in [1.82, 2.24) is 25.1 Å². The molecule has 9 heteroatoms. The van der Waals surface area contributed by atoms with Gasteiger partial charge in [0.2, 0.25) is 0 Å². The summed E-state index contributed by atoms with van der Waals surface area (Å²) in [6.45, 7) is 2.90. The summed E-state index contributed by atoms with van der Waals surface area (Å²) in [5, 5.41) is 13.5. The predicted octanol–water partition coefficient (Wildman–Crippen LogP) is 2.45. The van der Waals surface area contributed by atoms with E-state index in [-0.39, 0.29) is 23.5 Å². The van der Waals surface area contributed by atoms with Crippen molar-refractivity contribution in [2.75, 3.05) is 18.4 Å². The Hall–Kier alpha value is -2.84. The van der Waals surface area contributed by atoms with Crippen LogP contribution in [-0.4, -0.2) is 44.2 Å². The van der Waals surface area contributed by atoms with Gasteiger partial charge in [0.25, 0.3) is 5.95 Å². The van der Waals surface area contributed by atoms with E-state index in [2.05, 4.69) is 20.8 Å². The van der Waals surface area contributed by atoms with Gasteiger partial charge >= 0.3 is 6.03 Å². The Bertz CT molecular complexity index is 819. The third-order valence-corrected chi connectivity index (χ3v) is 4.25. The number of likely N-dealkylation sites (tertiary alicyclic amines) is 1. The molecule has 1 unspecified atom stereocenters. The van der Waals surface area contributed by atoms with Crippen LogP contribution in [-0.2, 0) is 7.05 Å². The number of nitrogens with zero attached hydrogens (tertiary/aromatic N) is 5. The van der Waals surface area contributed by atoms with Crippen molar-refractivity contribution in [2.45, 2.75) is 13.3 Å². The molecular weight excluding hydrogens is 330 g/mol. The second-order valence-electron chi connectivity index (χ2n) is 6.02. The van der Waals surface area contributed by atoms with E-state index < -0.39 is 11.6 Å². The molecule has 1 N–H and O–H groups in total. The summed E-state index contributed by atoms with van der Waals surface area (Å²) in [4.78, 5) is 14.0. The predicted molar refractivity (Wildman–Crippen MR) is 87.5 cm³/mol. The van der Waals surface area contributed by atoms with Crippen LogP contribution in [0.2, 0.25) is 0 Å². The third kappa shape index (κ3) is 3.65. The van der Waals surface area contributed by atoms with Gasteiger partial charge in [0.05, 0.1) is 0 Å². The summed E-state index contributed by atoms with van der Waals surface area (Å²) in [6, 6.07) is 3.82. The van der Waals surface area contributed by atoms with Gasteiger partial charge in [-0.05, 0) is 28.8 Å². The first-order valence-electron chi connectivity index (χ1n) is 7.88. The van der Waals surface area contributed by atoms with Crippen LogP contribution >= 0.6 is 0 Å². The lowest BCUT2D eigenvalue weighted by atomic mass is 9.91. The number of piperidine rings is 1. The van der Waals surface area contributed by atoms with Crippen molar-refractivity contribution >= 4 is 18.1 Å². The molecule has 1 saturated heterocycles. The number of carbonyl (C=O) groups excluding carboxylic acids is 1. The molecule has 0 aliphatic carbocycles. The Morgan fingerprint density at radius 3 is 2.88 bits per heavy atom. The Morgan fingerprint density at radius 1 is 1.40 bits per heavy atom. The van der Waals surface area contributed by atoms with Gasteiger partial charge in [0.1, 0.15) is 0 Å². The van der Waals surface area contributed by atoms with Crippen LogP contribution in [0.3, 0.4) is 0 Å². The maximum Gasteiger partial charge on any atom is 0.324 e. The zero-order chi connectivity index (χ0) is 18.0. The van der Waals surface area contributed by atoms with Crippen molar-refractivity contribution in [3.63, 3.8) is 0 Å². The number of aromatic nitrogens is 4. The van der Waals surface area contributed by atoms with E-state index in [1.54, 1.807) is 18.0 Å². The smallest absolute Gasteiger partial charge is 0.324 e. The van der Waals surface area contributed by atoms with Crippen LogP contribution < -0.4 is 5.32 Å². The summed E-state index contributed by atoms with van der Waals surface area (Å²) in [6.07, 6.45) is 2.26. The SMILES string of the molecule is CC1CN(C(=O)Nc2nnnn2C)CCC1=Cc1cccc(F)c1F. The van der Waals surface area contributed by atoms with Crippen molar-refractivity contribution in [1.29, 1.82) is 0 Å². The van der Waals surface area contributed by atoms with Crippen molar-refractivity contribution in [3.8, 4) is 0 Å². The van der Waals surface area contributed by atoms with Crippen LogP contribution in [0.15, 0.2) is 23.8 Å². The number of carbonyl (C=O) groups is 1. The lowest BCUT2D eigenvalue weighted by Crippen LogP contribution is -2.42. The van der Waals surface area contributed by atoms with Gasteiger partial charge in [-0.25, -0.2) is 18.3 Å². The molecule has 0 spiro atoms. The molecule has 1 atom stereocenters. The van der Waals surface area contributed by atoms with Crippen LogP contribution in [0.25, 0.3) is 6.08 Å². The minimum Gasteiger partial charge on any atom is -0.324 e. The number of aryl methyl sites for hydroxylation is 1. The first-order valence-corrected chi connectivity index (χ1v) is 7.88. The standard InChI is InChI=1S/C16H18F2N6O/c1-10-9-24(16(25)19-15-20-21-22-23(15)2)7-6-11(10)8-12-4-3-5-13(17)14(12)18/h3-5,8,10H,6-7,9H2,1-2H3,(H,19,20,22,25). The minimum absolute atomic E-state index is 0.0276. The van der Waals surface area contributed by atoms with Crippen LogP contribution in [0.5, 0.6) is 0 Å². The number of hydrogen-bond acceptors (Lipinski definition) is 4. The lowest BCUT2D eigenvalue weighted by molar-refractivity contribution is 0.197. The molecule has 1 aromatic carbocycles. The summed E-state index contributed by atoms with van der Waals surface area (Å²) in [5.74, 6) is -1.42. The molecule has 2 heterocycles. The summed E-state index contributed by atoms with van der Waals surface area (Å²) in [5.41, 5.74) is 1.21. The van der Waals surface area contributed by atoms with Crippen molar-refractivity contribution in [2.24, 2.45) is 13.0 Å². The Balaban J connectivity index is 1.68. The zero-order valence-corrected chi connectivity index (χ0v) is 13.9. The highest BCUT2D eigenvalue weighted by Gasteiger charge is 2.25. The molecule has 0 saturated carbocycles. The number of anilines is 1. The van der Waals surface area contributed by atoms with Gasteiger partial charge in [-0.3, -0.25) is 5.32 Å². The second-order valence-corrected chi connectivity index (χ2v) is 6.02. The zero-order valence-electron chi connectivity index (χ0n) is 13.9. The van der Waals surface area contributed by atoms with Crippen molar-refractivity contribution < 1.29 is 13.6 Å². The van der Waals surface area contributed by atoms with E-state index in [0.717, 1.165) is 11.6 Å². The molecule has 1 aliphatic rings.